The van der Waals surface area contributed by atoms with Gasteiger partial charge in [-0.15, -0.1) is 10.2 Å². The maximum Gasteiger partial charge on any atom is 0.245 e. The van der Waals surface area contributed by atoms with Crippen molar-refractivity contribution in [2.75, 3.05) is 5.32 Å². The van der Waals surface area contributed by atoms with E-state index in [-0.39, 0.29) is 16.5 Å². The Morgan fingerprint density at radius 2 is 2.06 bits per heavy atom. The zero-order valence-corrected chi connectivity index (χ0v) is 10.4. The molecule has 2 aromatic heterocycles. The summed E-state index contributed by atoms with van der Waals surface area (Å²) in [6.45, 7) is 1.94. The van der Waals surface area contributed by atoms with Gasteiger partial charge in [0.15, 0.2) is 11.0 Å². The van der Waals surface area contributed by atoms with Crippen LogP contribution < -0.4 is 5.32 Å². The molecule has 0 aromatic carbocycles. The lowest BCUT2D eigenvalue weighted by Crippen LogP contribution is -2.10. The van der Waals surface area contributed by atoms with Gasteiger partial charge in [-0.05, 0) is 30.7 Å². The molecule has 5 nitrogen and oxygen atoms in total. The van der Waals surface area contributed by atoms with E-state index in [1.54, 1.807) is 6.20 Å². The average molecular weight is 270 g/mol. The maximum absolute atomic E-state index is 5.85. The second-order valence-corrected chi connectivity index (χ2v) is 4.04. The van der Waals surface area contributed by atoms with E-state index in [1.807, 2.05) is 25.1 Å². The molecule has 0 fully saturated rings. The summed E-state index contributed by atoms with van der Waals surface area (Å²) in [5, 5.41) is 10.5. The third kappa shape index (κ3) is 3.01. The molecule has 2 aromatic rings. The molecule has 2 heterocycles. The van der Waals surface area contributed by atoms with Crippen LogP contribution in [0.15, 0.2) is 24.4 Å². The van der Waals surface area contributed by atoms with E-state index >= 15 is 0 Å². The van der Waals surface area contributed by atoms with Gasteiger partial charge in [-0.2, -0.15) is 4.98 Å². The maximum atomic E-state index is 5.85. The van der Waals surface area contributed by atoms with Crippen molar-refractivity contribution in [3.63, 3.8) is 0 Å². The van der Waals surface area contributed by atoms with Crippen LogP contribution in [-0.4, -0.2) is 20.2 Å². The number of rotatable bonds is 3. The molecular formula is C10H9Cl2N5. The molecular weight excluding hydrogens is 261 g/mol. The molecule has 0 aliphatic carbocycles. The minimum atomic E-state index is -0.0542. The number of nitrogens with one attached hydrogen (secondary N) is 1. The number of pyridine rings is 1. The smallest absolute Gasteiger partial charge is 0.245 e. The van der Waals surface area contributed by atoms with Crippen LogP contribution >= 0.6 is 23.2 Å². The molecule has 0 spiro atoms. The van der Waals surface area contributed by atoms with Crippen LogP contribution in [0, 0.1) is 0 Å². The van der Waals surface area contributed by atoms with Crippen LogP contribution in [0.4, 0.5) is 5.82 Å². The Kier molecular flexibility index (Phi) is 3.71. The van der Waals surface area contributed by atoms with Crippen molar-refractivity contribution < 1.29 is 0 Å². The van der Waals surface area contributed by atoms with Gasteiger partial charge in [-0.3, -0.25) is 4.98 Å². The first-order chi connectivity index (χ1) is 8.16. The first-order valence-corrected chi connectivity index (χ1v) is 5.65. The first kappa shape index (κ1) is 12.0. The lowest BCUT2D eigenvalue weighted by molar-refractivity contribution is 0.823. The predicted molar refractivity (Wildman–Crippen MR) is 66.1 cm³/mol. The standard InChI is InChI=1S/C10H9Cl2N5/c1-6(7-4-2-3-5-13-7)14-9-8(11)16-17-10(12)15-9/h2-6H,1H3,(H,14,15,17). The minimum absolute atomic E-state index is 0.0464. The number of anilines is 1. The Labute approximate surface area is 108 Å². The van der Waals surface area contributed by atoms with E-state index in [1.165, 1.54) is 0 Å². The van der Waals surface area contributed by atoms with Crippen molar-refractivity contribution in [2.24, 2.45) is 0 Å². The van der Waals surface area contributed by atoms with E-state index in [0.29, 0.717) is 5.82 Å². The zero-order valence-electron chi connectivity index (χ0n) is 8.93. The SMILES string of the molecule is CC(Nc1nc(Cl)nnc1Cl)c1ccccn1. The van der Waals surface area contributed by atoms with Crippen LogP contribution in [0.1, 0.15) is 18.7 Å². The highest BCUT2D eigenvalue weighted by Crippen LogP contribution is 2.21. The third-order valence-electron chi connectivity index (χ3n) is 2.10. The van der Waals surface area contributed by atoms with Crippen LogP contribution in [0.25, 0.3) is 0 Å². The topological polar surface area (TPSA) is 63.6 Å². The van der Waals surface area contributed by atoms with Crippen LogP contribution in [-0.2, 0) is 0 Å². The van der Waals surface area contributed by atoms with E-state index in [2.05, 4.69) is 25.5 Å². The molecule has 88 valence electrons. The van der Waals surface area contributed by atoms with E-state index < -0.39 is 0 Å². The molecule has 0 saturated carbocycles. The molecule has 0 aliphatic heterocycles. The number of halogens is 2. The van der Waals surface area contributed by atoms with Crippen LogP contribution in [0.5, 0.6) is 0 Å². The van der Waals surface area contributed by atoms with Crippen molar-refractivity contribution in [1.29, 1.82) is 0 Å². The van der Waals surface area contributed by atoms with Gasteiger partial charge in [0.1, 0.15) is 0 Å². The first-order valence-electron chi connectivity index (χ1n) is 4.90. The lowest BCUT2D eigenvalue weighted by atomic mass is 10.2. The molecule has 2 rings (SSSR count). The molecule has 0 amide bonds. The largest absolute Gasteiger partial charge is 0.359 e. The van der Waals surface area contributed by atoms with Crippen molar-refractivity contribution in [3.05, 3.63) is 40.5 Å². The summed E-state index contributed by atoms with van der Waals surface area (Å²) in [7, 11) is 0. The Balaban J connectivity index is 2.18. The second kappa shape index (κ2) is 5.25. The second-order valence-electron chi connectivity index (χ2n) is 3.34. The average Bonchev–Trinajstić information content (AvgIpc) is 2.35. The number of nitrogens with zero attached hydrogens (tertiary/aromatic N) is 4. The summed E-state index contributed by atoms with van der Waals surface area (Å²) in [5.41, 5.74) is 0.873. The van der Waals surface area contributed by atoms with Gasteiger partial charge in [0, 0.05) is 6.20 Å². The van der Waals surface area contributed by atoms with Crippen molar-refractivity contribution >= 4 is 29.0 Å². The van der Waals surface area contributed by atoms with Gasteiger partial charge >= 0.3 is 0 Å². The summed E-state index contributed by atoms with van der Waals surface area (Å²) in [5.74, 6) is 0.393. The number of hydrogen-bond donors (Lipinski definition) is 1. The predicted octanol–water partition coefficient (Wildman–Crippen LogP) is 2.75. The Bertz CT molecular complexity index is 505. The quantitative estimate of drug-likeness (QED) is 0.929. The third-order valence-corrected chi connectivity index (χ3v) is 2.52. The van der Waals surface area contributed by atoms with Gasteiger partial charge < -0.3 is 5.32 Å². The molecule has 0 aliphatic rings. The number of hydrogen-bond acceptors (Lipinski definition) is 5. The summed E-state index contributed by atoms with van der Waals surface area (Å²) in [6.07, 6.45) is 1.72. The Hall–Kier alpha value is -1.46. The summed E-state index contributed by atoms with van der Waals surface area (Å²) in [4.78, 5) is 8.18. The molecule has 1 atom stereocenters. The minimum Gasteiger partial charge on any atom is -0.359 e. The van der Waals surface area contributed by atoms with Gasteiger partial charge in [0.25, 0.3) is 0 Å². The van der Waals surface area contributed by atoms with Crippen molar-refractivity contribution in [1.82, 2.24) is 20.2 Å². The summed E-state index contributed by atoms with van der Waals surface area (Å²) in [6, 6.07) is 5.61. The monoisotopic (exact) mass is 269 g/mol. The lowest BCUT2D eigenvalue weighted by Gasteiger charge is -2.13. The zero-order chi connectivity index (χ0) is 12.3. The van der Waals surface area contributed by atoms with E-state index in [0.717, 1.165) is 5.69 Å². The fraction of sp³-hybridized carbons (Fsp3) is 0.200. The highest BCUT2D eigenvalue weighted by molar-refractivity contribution is 6.32. The Morgan fingerprint density at radius 1 is 1.24 bits per heavy atom. The molecule has 1 N–H and O–H groups in total. The molecule has 1 unspecified atom stereocenters. The molecule has 0 saturated heterocycles. The van der Waals surface area contributed by atoms with Gasteiger partial charge in [0.2, 0.25) is 5.28 Å². The molecule has 7 heteroatoms. The molecule has 0 radical (unpaired) electrons. The highest BCUT2D eigenvalue weighted by atomic mass is 35.5. The van der Waals surface area contributed by atoms with Crippen molar-refractivity contribution in [2.45, 2.75) is 13.0 Å². The summed E-state index contributed by atoms with van der Waals surface area (Å²) < 4.78 is 0. The fourth-order valence-electron chi connectivity index (χ4n) is 1.30. The Morgan fingerprint density at radius 3 is 2.76 bits per heavy atom. The van der Waals surface area contributed by atoms with Crippen molar-refractivity contribution in [3.8, 4) is 0 Å². The van der Waals surface area contributed by atoms with Crippen LogP contribution in [0.2, 0.25) is 10.4 Å². The van der Waals surface area contributed by atoms with E-state index in [4.69, 9.17) is 23.2 Å². The molecule has 0 bridgehead atoms. The van der Waals surface area contributed by atoms with Gasteiger partial charge in [-0.25, -0.2) is 0 Å². The van der Waals surface area contributed by atoms with Gasteiger partial charge in [0.05, 0.1) is 11.7 Å². The fourth-order valence-corrected chi connectivity index (χ4v) is 1.55. The highest BCUT2D eigenvalue weighted by Gasteiger charge is 2.11. The summed E-state index contributed by atoms with van der Waals surface area (Å²) >= 11 is 11.5. The van der Waals surface area contributed by atoms with Gasteiger partial charge in [-0.1, -0.05) is 17.7 Å². The molecule has 17 heavy (non-hydrogen) atoms. The normalized spacial score (nSPS) is 12.2. The number of aromatic nitrogens is 4. The van der Waals surface area contributed by atoms with E-state index in [9.17, 15) is 0 Å². The van der Waals surface area contributed by atoms with Crippen LogP contribution in [0.3, 0.4) is 0 Å².